The SMILES string of the molecule is OCC(CO)(CO)Nc1ncccn1. The predicted octanol–water partition coefficient (Wildman–Crippen LogP) is -1.40. The molecule has 1 rings (SSSR count). The van der Waals surface area contributed by atoms with Gasteiger partial charge in [0.25, 0.3) is 0 Å². The largest absolute Gasteiger partial charge is 0.394 e. The van der Waals surface area contributed by atoms with Crippen molar-refractivity contribution in [3.8, 4) is 0 Å². The van der Waals surface area contributed by atoms with Gasteiger partial charge >= 0.3 is 0 Å². The van der Waals surface area contributed by atoms with Gasteiger partial charge in [-0.05, 0) is 6.07 Å². The van der Waals surface area contributed by atoms with Gasteiger partial charge in [-0.25, -0.2) is 9.97 Å². The second kappa shape index (κ2) is 4.85. The third-order valence-electron chi connectivity index (χ3n) is 1.85. The number of hydrogen-bond acceptors (Lipinski definition) is 6. The van der Waals surface area contributed by atoms with Gasteiger partial charge in [0.1, 0.15) is 5.54 Å². The van der Waals surface area contributed by atoms with E-state index in [-0.39, 0.29) is 5.95 Å². The summed E-state index contributed by atoms with van der Waals surface area (Å²) in [5.41, 5.74) is -1.18. The molecule has 6 nitrogen and oxygen atoms in total. The van der Waals surface area contributed by atoms with Crippen molar-refractivity contribution in [3.05, 3.63) is 18.5 Å². The number of nitrogens with one attached hydrogen (secondary N) is 1. The highest BCUT2D eigenvalue weighted by atomic mass is 16.3. The minimum absolute atomic E-state index is 0.254. The van der Waals surface area contributed by atoms with Crippen molar-refractivity contribution in [2.24, 2.45) is 0 Å². The molecule has 0 aliphatic heterocycles. The Bertz CT molecular complexity index is 256. The first-order valence-corrected chi connectivity index (χ1v) is 4.14. The van der Waals surface area contributed by atoms with Crippen LogP contribution in [-0.4, -0.2) is 50.6 Å². The third kappa shape index (κ3) is 2.38. The fourth-order valence-electron chi connectivity index (χ4n) is 0.869. The minimum atomic E-state index is -1.18. The molecular formula is C8H13N3O3. The Morgan fingerprint density at radius 2 is 1.57 bits per heavy atom. The molecule has 0 bridgehead atoms. The summed E-state index contributed by atoms with van der Waals surface area (Å²) in [6.45, 7) is -1.21. The van der Waals surface area contributed by atoms with E-state index in [1.807, 2.05) is 0 Å². The number of hydrogen-bond donors (Lipinski definition) is 4. The summed E-state index contributed by atoms with van der Waals surface area (Å²) in [5.74, 6) is 0.254. The molecular weight excluding hydrogens is 186 g/mol. The normalized spacial score (nSPS) is 11.4. The average molecular weight is 199 g/mol. The van der Waals surface area contributed by atoms with Gasteiger partial charge in [-0.1, -0.05) is 0 Å². The van der Waals surface area contributed by atoms with Gasteiger partial charge in [0.05, 0.1) is 19.8 Å². The summed E-state index contributed by atoms with van der Waals surface area (Å²) in [4.78, 5) is 7.70. The van der Waals surface area contributed by atoms with E-state index in [2.05, 4.69) is 15.3 Å². The molecule has 14 heavy (non-hydrogen) atoms. The van der Waals surface area contributed by atoms with Crippen molar-refractivity contribution in [3.63, 3.8) is 0 Å². The average Bonchev–Trinajstić information content (AvgIpc) is 2.28. The monoisotopic (exact) mass is 199 g/mol. The van der Waals surface area contributed by atoms with Crippen LogP contribution in [0.25, 0.3) is 0 Å². The Balaban J connectivity index is 2.74. The minimum Gasteiger partial charge on any atom is -0.394 e. The standard InChI is InChI=1S/C8H13N3O3/c12-4-8(5-13,6-14)11-7-9-2-1-3-10-7/h1-3,12-14H,4-6H2,(H,9,10,11). The lowest BCUT2D eigenvalue weighted by atomic mass is 10.0. The summed E-state index contributed by atoms with van der Waals surface area (Å²) in [7, 11) is 0. The lowest BCUT2D eigenvalue weighted by molar-refractivity contribution is 0.0828. The molecule has 0 radical (unpaired) electrons. The highest BCUT2D eigenvalue weighted by Gasteiger charge is 2.28. The number of aromatic nitrogens is 2. The van der Waals surface area contributed by atoms with Crippen LogP contribution in [0.15, 0.2) is 18.5 Å². The predicted molar refractivity (Wildman–Crippen MR) is 49.6 cm³/mol. The molecule has 78 valence electrons. The van der Waals surface area contributed by atoms with Gasteiger partial charge < -0.3 is 20.6 Å². The van der Waals surface area contributed by atoms with Crippen LogP contribution in [0.4, 0.5) is 5.95 Å². The first kappa shape index (κ1) is 10.8. The van der Waals surface area contributed by atoms with E-state index < -0.39 is 25.4 Å². The maximum absolute atomic E-state index is 9.00. The number of rotatable bonds is 5. The summed E-state index contributed by atoms with van der Waals surface area (Å²) in [6, 6.07) is 1.64. The lowest BCUT2D eigenvalue weighted by Crippen LogP contribution is -2.49. The van der Waals surface area contributed by atoms with Crippen LogP contribution in [0, 0.1) is 0 Å². The van der Waals surface area contributed by atoms with Gasteiger partial charge in [0.15, 0.2) is 0 Å². The fraction of sp³-hybridized carbons (Fsp3) is 0.500. The maximum Gasteiger partial charge on any atom is 0.223 e. The molecule has 6 heteroatoms. The van der Waals surface area contributed by atoms with Crippen molar-refractivity contribution < 1.29 is 15.3 Å². The molecule has 0 atom stereocenters. The Morgan fingerprint density at radius 3 is 2.00 bits per heavy atom. The molecule has 0 saturated heterocycles. The Morgan fingerprint density at radius 1 is 1.07 bits per heavy atom. The number of anilines is 1. The fourth-order valence-corrected chi connectivity index (χ4v) is 0.869. The highest BCUT2D eigenvalue weighted by molar-refractivity contribution is 5.28. The summed E-state index contributed by atoms with van der Waals surface area (Å²) in [5, 5.41) is 29.7. The van der Waals surface area contributed by atoms with Crippen LogP contribution in [0.2, 0.25) is 0 Å². The van der Waals surface area contributed by atoms with Crippen molar-refractivity contribution in [2.45, 2.75) is 5.54 Å². The maximum atomic E-state index is 9.00. The summed E-state index contributed by atoms with van der Waals surface area (Å²) < 4.78 is 0. The molecule has 0 unspecified atom stereocenters. The Labute approximate surface area is 81.3 Å². The molecule has 1 aromatic rings. The molecule has 0 saturated carbocycles. The molecule has 1 aromatic heterocycles. The zero-order valence-corrected chi connectivity index (χ0v) is 7.59. The molecule has 4 N–H and O–H groups in total. The molecule has 1 heterocycles. The van der Waals surface area contributed by atoms with Crippen LogP contribution < -0.4 is 5.32 Å². The quantitative estimate of drug-likeness (QED) is 0.466. The van der Waals surface area contributed by atoms with Gasteiger partial charge in [-0.15, -0.1) is 0 Å². The first-order chi connectivity index (χ1) is 6.76. The number of aliphatic hydroxyl groups excluding tert-OH is 3. The van der Waals surface area contributed by atoms with Gasteiger partial charge in [0.2, 0.25) is 5.95 Å². The number of nitrogens with zero attached hydrogens (tertiary/aromatic N) is 2. The smallest absolute Gasteiger partial charge is 0.223 e. The van der Waals surface area contributed by atoms with Crippen LogP contribution in [-0.2, 0) is 0 Å². The second-order valence-electron chi connectivity index (χ2n) is 2.95. The van der Waals surface area contributed by atoms with Crippen LogP contribution in [0.5, 0.6) is 0 Å². The van der Waals surface area contributed by atoms with E-state index in [9.17, 15) is 0 Å². The molecule has 0 fully saturated rings. The van der Waals surface area contributed by atoms with Crippen molar-refractivity contribution >= 4 is 5.95 Å². The van der Waals surface area contributed by atoms with Crippen molar-refractivity contribution in [1.29, 1.82) is 0 Å². The van der Waals surface area contributed by atoms with E-state index in [1.54, 1.807) is 6.07 Å². The molecule has 0 aliphatic rings. The highest BCUT2D eigenvalue weighted by Crippen LogP contribution is 2.09. The molecule has 0 aromatic carbocycles. The van der Waals surface area contributed by atoms with E-state index in [4.69, 9.17) is 15.3 Å². The molecule has 0 aliphatic carbocycles. The topological polar surface area (TPSA) is 98.5 Å². The van der Waals surface area contributed by atoms with Gasteiger partial charge in [-0.2, -0.15) is 0 Å². The molecule has 0 amide bonds. The van der Waals surface area contributed by atoms with E-state index in [1.165, 1.54) is 12.4 Å². The molecule has 0 spiro atoms. The zero-order chi connectivity index (χ0) is 10.4. The van der Waals surface area contributed by atoms with Crippen LogP contribution in [0.3, 0.4) is 0 Å². The van der Waals surface area contributed by atoms with E-state index in [0.29, 0.717) is 0 Å². The van der Waals surface area contributed by atoms with Crippen LogP contribution in [0.1, 0.15) is 0 Å². The Kier molecular flexibility index (Phi) is 3.75. The van der Waals surface area contributed by atoms with Crippen molar-refractivity contribution in [2.75, 3.05) is 25.1 Å². The summed E-state index contributed by atoms with van der Waals surface area (Å²) >= 11 is 0. The van der Waals surface area contributed by atoms with Gasteiger partial charge in [-0.3, -0.25) is 0 Å². The van der Waals surface area contributed by atoms with Crippen molar-refractivity contribution in [1.82, 2.24) is 9.97 Å². The summed E-state index contributed by atoms with van der Waals surface area (Å²) in [6.07, 6.45) is 3.04. The third-order valence-corrected chi connectivity index (χ3v) is 1.85. The van der Waals surface area contributed by atoms with E-state index >= 15 is 0 Å². The Hall–Kier alpha value is -1.24. The first-order valence-electron chi connectivity index (χ1n) is 4.14. The zero-order valence-electron chi connectivity index (χ0n) is 7.59. The number of aliphatic hydroxyl groups is 3. The van der Waals surface area contributed by atoms with E-state index in [0.717, 1.165) is 0 Å². The second-order valence-corrected chi connectivity index (χ2v) is 2.95. The van der Waals surface area contributed by atoms with Crippen LogP contribution >= 0.6 is 0 Å². The van der Waals surface area contributed by atoms with Gasteiger partial charge in [0, 0.05) is 12.4 Å². The lowest BCUT2D eigenvalue weighted by Gasteiger charge is -2.28.